The molecule has 0 atom stereocenters. The average molecular weight is 367 g/mol. The van der Waals surface area contributed by atoms with Crippen molar-refractivity contribution >= 4 is 17.5 Å². The molecule has 0 aliphatic heterocycles. The summed E-state index contributed by atoms with van der Waals surface area (Å²) in [5.74, 6) is 0.995. The van der Waals surface area contributed by atoms with Crippen molar-refractivity contribution in [3.05, 3.63) is 54.6 Å². The van der Waals surface area contributed by atoms with Crippen molar-refractivity contribution in [2.75, 3.05) is 32.5 Å². The molecule has 2 aromatic rings. The summed E-state index contributed by atoms with van der Waals surface area (Å²) in [6, 6.07) is 16.6. The largest absolute Gasteiger partial charge is 0.457 e. The molecule has 0 aromatic heterocycles. The van der Waals surface area contributed by atoms with Crippen LogP contribution in [-0.4, -0.2) is 43.9 Å². The topological polar surface area (TPSA) is 70.7 Å². The number of hydrogen-bond donors (Lipinski definition) is 2. The fraction of sp³-hybridized carbons (Fsp3) is 0.333. The van der Waals surface area contributed by atoms with Gasteiger partial charge >= 0.3 is 0 Å². The summed E-state index contributed by atoms with van der Waals surface area (Å²) in [6.07, 6.45) is 1.17. The third-order valence-corrected chi connectivity index (χ3v) is 4.55. The molecule has 142 valence electrons. The van der Waals surface area contributed by atoms with E-state index in [2.05, 4.69) is 10.6 Å². The van der Waals surface area contributed by atoms with Crippen LogP contribution in [0, 0.1) is 5.41 Å². The van der Waals surface area contributed by atoms with E-state index >= 15 is 0 Å². The van der Waals surface area contributed by atoms with E-state index in [4.69, 9.17) is 4.74 Å². The second kappa shape index (κ2) is 8.22. The van der Waals surface area contributed by atoms with Crippen molar-refractivity contribution in [3.8, 4) is 11.5 Å². The predicted molar refractivity (Wildman–Crippen MR) is 105 cm³/mol. The van der Waals surface area contributed by atoms with Crippen LogP contribution in [0.3, 0.4) is 0 Å². The molecule has 0 radical (unpaired) electrons. The van der Waals surface area contributed by atoms with Crippen LogP contribution >= 0.6 is 0 Å². The monoisotopic (exact) mass is 367 g/mol. The lowest BCUT2D eigenvalue weighted by molar-refractivity contribution is -0.134. The molecule has 2 amide bonds. The SMILES string of the molecule is CN(C)CCNC(=O)C1(C(=O)Nc2ccc(Oc3ccccc3)cc2)CC1. The van der Waals surface area contributed by atoms with Crippen LogP contribution in [-0.2, 0) is 9.59 Å². The van der Waals surface area contributed by atoms with Gasteiger partial charge in [0.2, 0.25) is 11.8 Å². The second-order valence-corrected chi connectivity index (χ2v) is 7.03. The number of nitrogens with zero attached hydrogens (tertiary/aromatic N) is 1. The van der Waals surface area contributed by atoms with Gasteiger partial charge in [-0.3, -0.25) is 9.59 Å². The van der Waals surface area contributed by atoms with Crippen LogP contribution in [0.5, 0.6) is 11.5 Å². The van der Waals surface area contributed by atoms with Crippen LogP contribution in [0.25, 0.3) is 0 Å². The third kappa shape index (κ3) is 4.86. The number of nitrogens with one attached hydrogen (secondary N) is 2. The van der Waals surface area contributed by atoms with Gasteiger partial charge in [0, 0.05) is 18.8 Å². The lowest BCUT2D eigenvalue weighted by atomic mass is 10.1. The van der Waals surface area contributed by atoms with E-state index in [-0.39, 0.29) is 11.8 Å². The Hall–Kier alpha value is -2.86. The van der Waals surface area contributed by atoms with Crippen molar-refractivity contribution in [2.24, 2.45) is 5.41 Å². The summed E-state index contributed by atoms with van der Waals surface area (Å²) in [4.78, 5) is 27.0. The lowest BCUT2D eigenvalue weighted by Gasteiger charge is -2.17. The Bertz CT molecular complexity index is 784. The minimum atomic E-state index is -0.925. The molecule has 0 saturated heterocycles. The van der Waals surface area contributed by atoms with Gasteiger partial charge in [-0.25, -0.2) is 0 Å². The van der Waals surface area contributed by atoms with Gasteiger partial charge in [-0.1, -0.05) is 18.2 Å². The van der Waals surface area contributed by atoms with Crippen LogP contribution in [0.2, 0.25) is 0 Å². The van der Waals surface area contributed by atoms with Crippen molar-refractivity contribution in [3.63, 3.8) is 0 Å². The first-order valence-electron chi connectivity index (χ1n) is 9.07. The summed E-state index contributed by atoms with van der Waals surface area (Å²) in [6.45, 7) is 1.28. The highest BCUT2D eigenvalue weighted by Crippen LogP contribution is 2.46. The van der Waals surface area contributed by atoms with E-state index in [1.165, 1.54) is 0 Å². The number of anilines is 1. The van der Waals surface area contributed by atoms with Crippen molar-refractivity contribution in [1.82, 2.24) is 10.2 Å². The van der Waals surface area contributed by atoms with Gasteiger partial charge in [0.1, 0.15) is 16.9 Å². The number of likely N-dealkylation sites (N-methyl/N-ethyl adjacent to an activating group) is 1. The zero-order valence-corrected chi connectivity index (χ0v) is 15.7. The molecule has 1 aliphatic carbocycles. The highest BCUT2D eigenvalue weighted by Gasteiger charge is 2.56. The van der Waals surface area contributed by atoms with Crippen molar-refractivity contribution in [1.29, 1.82) is 0 Å². The standard InChI is InChI=1S/C21H25N3O3/c1-24(2)15-14-22-19(25)21(12-13-21)20(26)23-16-8-10-18(11-9-16)27-17-6-4-3-5-7-17/h3-11H,12-15H2,1-2H3,(H,22,25)(H,23,26). The van der Waals surface area contributed by atoms with E-state index < -0.39 is 5.41 Å². The van der Waals surface area contributed by atoms with Gasteiger partial charge < -0.3 is 20.3 Å². The maximum Gasteiger partial charge on any atom is 0.240 e. The van der Waals surface area contributed by atoms with E-state index in [0.717, 1.165) is 12.3 Å². The number of benzene rings is 2. The Kier molecular flexibility index (Phi) is 5.76. The summed E-state index contributed by atoms with van der Waals surface area (Å²) in [7, 11) is 3.88. The first-order valence-corrected chi connectivity index (χ1v) is 9.07. The number of ether oxygens (including phenoxy) is 1. The van der Waals surface area contributed by atoms with Crippen LogP contribution in [0.1, 0.15) is 12.8 Å². The molecule has 1 aliphatic rings. The average Bonchev–Trinajstić information content (AvgIpc) is 3.46. The predicted octanol–water partition coefficient (Wildman–Crippen LogP) is 2.88. The molecule has 6 nitrogen and oxygen atoms in total. The van der Waals surface area contributed by atoms with Gasteiger partial charge in [-0.05, 0) is 63.3 Å². The lowest BCUT2D eigenvalue weighted by Crippen LogP contribution is -2.42. The first-order chi connectivity index (χ1) is 13.0. The Morgan fingerprint density at radius 2 is 1.59 bits per heavy atom. The van der Waals surface area contributed by atoms with Gasteiger partial charge in [-0.15, -0.1) is 0 Å². The van der Waals surface area contributed by atoms with Gasteiger partial charge in [-0.2, -0.15) is 0 Å². The third-order valence-electron chi connectivity index (χ3n) is 4.55. The normalized spacial score (nSPS) is 14.5. The molecular formula is C21H25N3O3. The minimum absolute atomic E-state index is 0.189. The molecule has 1 saturated carbocycles. The van der Waals surface area contributed by atoms with E-state index in [0.29, 0.717) is 30.8 Å². The maximum atomic E-state index is 12.6. The summed E-state index contributed by atoms with van der Waals surface area (Å²) < 4.78 is 5.74. The van der Waals surface area contributed by atoms with E-state index in [1.807, 2.05) is 49.3 Å². The Balaban J connectivity index is 1.55. The van der Waals surface area contributed by atoms with Crippen molar-refractivity contribution < 1.29 is 14.3 Å². The van der Waals surface area contributed by atoms with Gasteiger partial charge in [0.25, 0.3) is 0 Å². The molecule has 0 heterocycles. The summed E-state index contributed by atoms with van der Waals surface area (Å²) in [5, 5.41) is 5.71. The molecule has 0 bridgehead atoms. The number of para-hydroxylation sites is 1. The van der Waals surface area contributed by atoms with Gasteiger partial charge in [0.05, 0.1) is 0 Å². The smallest absolute Gasteiger partial charge is 0.240 e. The second-order valence-electron chi connectivity index (χ2n) is 7.03. The van der Waals surface area contributed by atoms with E-state index in [1.54, 1.807) is 24.3 Å². The van der Waals surface area contributed by atoms with Crippen LogP contribution in [0.15, 0.2) is 54.6 Å². The Morgan fingerprint density at radius 1 is 0.963 bits per heavy atom. The quantitative estimate of drug-likeness (QED) is 0.704. The number of amides is 2. The molecule has 27 heavy (non-hydrogen) atoms. The van der Waals surface area contributed by atoms with Crippen molar-refractivity contribution in [2.45, 2.75) is 12.8 Å². The molecule has 6 heteroatoms. The molecule has 2 N–H and O–H groups in total. The zero-order chi connectivity index (χ0) is 19.3. The van der Waals surface area contributed by atoms with Gasteiger partial charge in [0.15, 0.2) is 0 Å². The number of hydrogen-bond acceptors (Lipinski definition) is 4. The fourth-order valence-corrected chi connectivity index (χ4v) is 2.73. The maximum absolute atomic E-state index is 12.6. The summed E-state index contributed by atoms with van der Waals surface area (Å²) >= 11 is 0. The molecule has 1 fully saturated rings. The molecule has 3 rings (SSSR count). The minimum Gasteiger partial charge on any atom is -0.457 e. The van der Waals surface area contributed by atoms with E-state index in [9.17, 15) is 9.59 Å². The fourth-order valence-electron chi connectivity index (χ4n) is 2.73. The highest BCUT2D eigenvalue weighted by molar-refractivity contribution is 6.13. The molecule has 0 unspecified atom stereocenters. The molecule has 2 aromatic carbocycles. The number of carbonyl (C=O) groups excluding carboxylic acids is 2. The first kappa shape index (κ1) is 18.9. The highest BCUT2D eigenvalue weighted by atomic mass is 16.5. The number of rotatable bonds is 8. The Morgan fingerprint density at radius 3 is 2.19 bits per heavy atom. The molecular weight excluding hydrogens is 342 g/mol. The summed E-state index contributed by atoms with van der Waals surface area (Å²) in [5.41, 5.74) is -0.279. The van der Waals surface area contributed by atoms with Crippen LogP contribution < -0.4 is 15.4 Å². The number of carbonyl (C=O) groups is 2. The Labute approximate surface area is 159 Å². The van der Waals surface area contributed by atoms with Crippen LogP contribution in [0.4, 0.5) is 5.69 Å². The molecule has 0 spiro atoms. The zero-order valence-electron chi connectivity index (χ0n) is 15.7.